The Hall–Kier alpha value is -2.50. The smallest absolute Gasteiger partial charge is 0.264 e. The number of fused-ring (bicyclic) bond motifs is 1. The van der Waals surface area contributed by atoms with E-state index in [0.717, 1.165) is 14.7 Å². The molecule has 1 amide bonds. The number of nitrogens with zero attached hydrogens (tertiary/aromatic N) is 4. The monoisotopic (exact) mass is 608 g/mol. The van der Waals surface area contributed by atoms with Crippen LogP contribution in [0.2, 0.25) is 0 Å². The van der Waals surface area contributed by atoms with Crippen molar-refractivity contribution in [2.75, 3.05) is 43.4 Å². The Labute approximate surface area is 229 Å². The number of sulfonamides is 1. The van der Waals surface area contributed by atoms with Crippen LogP contribution in [-0.2, 0) is 10.0 Å². The lowest BCUT2D eigenvalue weighted by atomic mass is 10.2. The summed E-state index contributed by atoms with van der Waals surface area (Å²) in [5.74, 6) is -0.231. The van der Waals surface area contributed by atoms with Crippen LogP contribution in [-0.4, -0.2) is 58.4 Å². The van der Waals surface area contributed by atoms with Crippen LogP contribution >= 0.6 is 39.7 Å². The Bertz CT molecular complexity index is 1450. The molecular weight excluding hydrogens is 584 g/mol. The first-order valence-corrected chi connectivity index (χ1v) is 13.9. The van der Waals surface area contributed by atoms with Crippen LogP contribution in [0.3, 0.4) is 0 Å². The maximum absolute atomic E-state index is 13.5. The molecule has 0 bridgehead atoms. The minimum Gasteiger partial charge on any atom is -0.308 e. The third-order valence-corrected chi connectivity index (χ3v) is 8.80. The van der Waals surface area contributed by atoms with Crippen LogP contribution in [0.4, 0.5) is 10.8 Å². The van der Waals surface area contributed by atoms with Crippen LogP contribution in [0, 0.1) is 0 Å². The largest absolute Gasteiger partial charge is 0.308 e. The number of hydrogen-bond acceptors (Lipinski definition) is 6. The van der Waals surface area contributed by atoms with E-state index in [1.807, 2.05) is 43.3 Å². The molecule has 4 aromatic rings. The molecule has 1 aromatic heterocycles. The fourth-order valence-corrected chi connectivity index (χ4v) is 6.18. The van der Waals surface area contributed by atoms with Gasteiger partial charge in [-0.2, -0.15) is 0 Å². The number of para-hydroxylation sites is 1. The first-order chi connectivity index (χ1) is 16.7. The molecule has 11 heteroatoms. The van der Waals surface area contributed by atoms with Crippen molar-refractivity contribution in [2.24, 2.45) is 0 Å². The predicted octanol–water partition coefficient (Wildman–Crippen LogP) is 5.51. The van der Waals surface area contributed by atoms with E-state index in [1.54, 1.807) is 41.3 Å². The quantitative estimate of drug-likeness (QED) is 0.263. The molecule has 7 nitrogen and oxygen atoms in total. The van der Waals surface area contributed by atoms with Gasteiger partial charge in [-0.05, 0) is 68.7 Å². The molecule has 0 aliphatic carbocycles. The summed E-state index contributed by atoms with van der Waals surface area (Å²) in [7, 11) is 1.64. The van der Waals surface area contributed by atoms with Gasteiger partial charge in [-0.3, -0.25) is 14.0 Å². The van der Waals surface area contributed by atoms with Gasteiger partial charge in [0.2, 0.25) is 0 Å². The standard InChI is InChI=1S/C25H25BrN4O3S2.ClH/c1-28(2)15-16-30(25-27-22-14-11-19(26)17-23(22)34-25)24(31)18-9-12-21(13-10-18)35(32,33)29(3)20-7-5-4-6-8-20;/h4-14,17H,15-16H2,1-3H3;1H. The lowest BCUT2D eigenvalue weighted by molar-refractivity contribution is 0.0985. The van der Waals surface area contributed by atoms with Crippen LogP contribution in [0.15, 0.2) is 82.2 Å². The summed E-state index contributed by atoms with van der Waals surface area (Å²) in [4.78, 5) is 22.0. The maximum Gasteiger partial charge on any atom is 0.264 e. The van der Waals surface area contributed by atoms with E-state index in [4.69, 9.17) is 0 Å². The molecule has 0 spiro atoms. The Morgan fingerprint density at radius 1 is 0.944 bits per heavy atom. The van der Waals surface area contributed by atoms with Crippen molar-refractivity contribution in [1.29, 1.82) is 0 Å². The minimum absolute atomic E-state index is 0. The fourth-order valence-electron chi connectivity index (χ4n) is 3.45. The molecule has 0 fully saturated rings. The number of anilines is 2. The molecule has 0 unspecified atom stereocenters. The number of thiazole rings is 1. The fraction of sp³-hybridized carbons (Fsp3) is 0.200. The van der Waals surface area contributed by atoms with Gasteiger partial charge in [0.15, 0.2) is 5.13 Å². The van der Waals surface area contributed by atoms with Crippen LogP contribution in [0.25, 0.3) is 10.2 Å². The first kappa shape index (κ1) is 28.1. The SMILES string of the molecule is CN(C)CCN(C(=O)c1ccc(S(=O)(=O)N(C)c2ccccc2)cc1)c1nc2ccc(Br)cc2s1.Cl. The van der Waals surface area contributed by atoms with Gasteiger partial charge in [-0.25, -0.2) is 13.4 Å². The number of rotatable bonds is 8. The number of halogens is 2. The van der Waals surface area contributed by atoms with E-state index >= 15 is 0 Å². The molecule has 0 atom stereocenters. The number of carbonyl (C=O) groups is 1. The van der Waals surface area contributed by atoms with Crippen molar-refractivity contribution in [1.82, 2.24) is 9.88 Å². The molecule has 0 saturated heterocycles. The molecule has 36 heavy (non-hydrogen) atoms. The van der Waals surface area contributed by atoms with E-state index < -0.39 is 10.0 Å². The summed E-state index contributed by atoms with van der Waals surface area (Å²) in [5.41, 5.74) is 1.77. The number of hydrogen-bond donors (Lipinski definition) is 0. The zero-order valence-corrected chi connectivity index (χ0v) is 24.0. The second kappa shape index (κ2) is 11.7. The molecule has 0 radical (unpaired) electrons. The molecule has 4 rings (SSSR count). The van der Waals surface area contributed by atoms with Gasteiger partial charge < -0.3 is 4.90 Å². The summed E-state index contributed by atoms with van der Waals surface area (Å²) < 4.78 is 29.3. The van der Waals surface area contributed by atoms with Crippen molar-refractivity contribution >= 4 is 76.6 Å². The Balaban J connectivity index is 0.00000361. The molecule has 0 aliphatic heterocycles. The maximum atomic E-state index is 13.5. The molecule has 1 heterocycles. The van der Waals surface area contributed by atoms with Gasteiger partial charge in [0.1, 0.15) is 0 Å². The van der Waals surface area contributed by atoms with Crippen molar-refractivity contribution < 1.29 is 13.2 Å². The highest BCUT2D eigenvalue weighted by atomic mass is 79.9. The van der Waals surface area contributed by atoms with Crippen LogP contribution in [0.1, 0.15) is 10.4 Å². The minimum atomic E-state index is -3.76. The van der Waals surface area contributed by atoms with Gasteiger partial charge in [-0.15, -0.1) is 12.4 Å². The third kappa shape index (κ3) is 6.07. The number of benzene rings is 3. The second-order valence-corrected chi connectivity index (χ2v) is 12.1. The zero-order valence-electron chi connectivity index (χ0n) is 20.0. The summed E-state index contributed by atoms with van der Waals surface area (Å²) in [6.07, 6.45) is 0. The number of likely N-dealkylation sites (N-methyl/N-ethyl adjacent to an activating group) is 1. The van der Waals surface area contributed by atoms with E-state index in [-0.39, 0.29) is 23.2 Å². The normalized spacial score (nSPS) is 11.4. The Morgan fingerprint density at radius 3 is 2.25 bits per heavy atom. The Morgan fingerprint density at radius 2 is 1.61 bits per heavy atom. The highest BCUT2D eigenvalue weighted by Crippen LogP contribution is 2.32. The lowest BCUT2D eigenvalue weighted by Crippen LogP contribution is -2.36. The highest BCUT2D eigenvalue weighted by Gasteiger charge is 2.24. The van der Waals surface area contributed by atoms with Crippen LogP contribution < -0.4 is 9.21 Å². The summed E-state index contributed by atoms with van der Waals surface area (Å²) in [6, 6.07) is 20.7. The lowest BCUT2D eigenvalue weighted by Gasteiger charge is -2.22. The molecule has 0 saturated carbocycles. The predicted molar refractivity (Wildman–Crippen MR) is 153 cm³/mol. The Kier molecular flexibility index (Phi) is 9.13. The van der Waals surface area contributed by atoms with Crippen LogP contribution in [0.5, 0.6) is 0 Å². The summed E-state index contributed by atoms with van der Waals surface area (Å²) in [6.45, 7) is 1.10. The van der Waals surface area contributed by atoms with Gasteiger partial charge in [0.25, 0.3) is 15.9 Å². The molecular formula is C25H26BrClN4O3S2. The molecule has 0 N–H and O–H groups in total. The van der Waals surface area contributed by atoms with Gasteiger partial charge in [0.05, 0.1) is 20.8 Å². The van der Waals surface area contributed by atoms with Gasteiger partial charge >= 0.3 is 0 Å². The van der Waals surface area contributed by atoms with Crippen molar-refractivity contribution in [3.05, 3.63) is 82.8 Å². The van der Waals surface area contributed by atoms with E-state index in [1.165, 1.54) is 34.8 Å². The average molecular weight is 610 g/mol. The zero-order chi connectivity index (χ0) is 25.2. The summed E-state index contributed by atoms with van der Waals surface area (Å²) in [5, 5.41) is 0.602. The van der Waals surface area contributed by atoms with Gasteiger partial charge in [0, 0.05) is 30.2 Å². The number of amides is 1. The van der Waals surface area contributed by atoms with Crippen molar-refractivity contribution in [3.63, 3.8) is 0 Å². The van der Waals surface area contributed by atoms with E-state index in [2.05, 4.69) is 20.9 Å². The third-order valence-electron chi connectivity index (χ3n) is 5.47. The molecule has 190 valence electrons. The first-order valence-electron chi connectivity index (χ1n) is 10.8. The van der Waals surface area contributed by atoms with E-state index in [0.29, 0.717) is 29.5 Å². The van der Waals surface area contributed by atoms with Crippen molar-refractivity contribution in [3.8, 4) is 0 Å². The summed E-state index contributed by atoms with van der Waals surface area (Å²) >= 11 is 4.93. The average Bonchev–Trinajstić information content (AvgIpc) is 3.26. The number of carbonyl (C=O) groups excluding carboxylic acids is 1. The topological polar surface area (TPSA) is 73.8 Å². The van der Waals surface area contributed by atoms with E-state index in [9.17, 15) is 13.2 Å². The molecule has 0 aliphatic rings. The van der Waals surface area contributed by atoms with Crippen molar-refractivity contribution in [2.45, 2.75) is 4.90 Å². The molecule has 3 aromatic carbocycles. The number of aromatic nitrogens is 1. The second-order valence-electron chi connectivity index (χ2n) is 8.20. The highest BCUT2D eigenvalue weighted by molar-refractivity contribution is 9.10. The van der Waals surface area contributed by atoms with Gasteiger partial charge in [-0.1, -0.05) is 45.5 Å².